The van der Waals surface area contributed by atoms with E-state index in [-0.39, 0.29) is 0 Å². The van der Waals surface area contributed by atoms with Gasteiger partial charge in [0.2, 0.25) is 10.0 Å². The van der Waals surface area contributed by atoms with E-state index in [4.69, 9.17) is 0 Å². The highest BCUT2D eigenvalue weighted by Crippen LogP contribution is 2.01. The largest absolute Gasteiger partial charge is 0.466 e. The van der Waals surface area contributed by atoms with Gasteiger partial charge in [0.05, 0.1) is 13.4 Å². The summed E-state index contributed by atoms with van der Waals surface area (Å²) in [6.45, 7) is 3.81. The molecule has 2 N–H and O–H groups in total. The second-order valence-electron chi connectivity index (χ2n) is 4.00. The summed E-state index contributed by atoms with van der Waals surface area (Å²) in [5, 5.41) is 2.81. The minimum absolute atomic E-state index is 0.355. The molecule has 0 aromatic carbocycles. The number of carbonyl (C=O) groups is 1. The minimum Gasteiger partial charge on any atom is -0.466 e. The zero-order chi connectivity index (χ0) is 12.8. The van der Waals surface area contributed by atoms with Gasteiger partial charge < -0.3 is 10.1 Å². The first-order chi connectivity index (χ1) is 7.16. The zero-order valence-corrected chi connectivity index (χ0v) is 10.7. The van der Waals surface area contributed by atoms with Crippen LogP contribution in [0.4, 0.5) is 0 Å². The standard InChI is InChI=1S/C9H18N2O4S/c1-9(2,11-16(4,13)14)7-10-6-5-8(12)15-3/h5-6,10-11H,7H2,1-4H3/b6-5+. The van der Waals surface area contributed by atoms with Crippen LogP contribution in [0.5, 0.6) is 0 Å². The summed E-state index contributed by atoms with van der Waals surface area (Å²) in [4.78, 5) is 10.7. The van der Waals surface area contributed by atoms with Gasteiger partial charge in [0.1, 0.15) is 0 Å². The Morgan fingerprint density at radius 3 is 2.44 bits per heavy atom. The Morgan fingerprint density at radius 1 is 1.44 bits per heavy atom. The fraction of sp³-hybridized carbons (Fsp3) is 0.667. The second kappa shape index (κ2) is 5.86. The van der Waals surface area contributed by atoms with Gasteiger partial charge in [-0.3, -0.25) is 0 Å². The number of methoxy groups -OCH3 is 1. The van der Waals surface area contributed by atoms with E-state index < -0.39 is 21.5 Å². The third-order valence-corrected chi connectivity index (χ3v) is 2.47. The fourth-order valence-corrected chi connectivity index (χ4v) is 2.12. The first kappa shape index (κ1) is 14.9. The number of carbonyl (C=O) groups excluding carboxylic acids is 1. The fourth-order valence-electron chi connectivity index (χ4n) is 1.05. The molecule has 0 atom stereocenters. The van der Waals surface area contributed by atoms with Crippen LogP contribution in [0.3, 0.4) is 0 Å². The molecule has 0 spiro atoms. The summed E-state index contributed by atoms with van der Waals surface area (Å²) in [6.07, 6.45) is 3.73. The first-order valence-electron chi connectivity index (χ1n) is 4.63. The lowest BCUT2D eigenvalue weighted by Gasteiger charge is -2.24. The quantitative estimate of drug-likeness (QED) is 0.494. The molecule has 16 heavy (non-hydrogen) atoms. The molecule has 94 valence electrons. The lowest BCUT2D eigenvalue weighted by atomic mass is 10.1. The molecule has 0 amide bonds. The molecule has 0 rings (SSSR count). The normalized spacial score (nSPS) is 12.8. The van der Waals surface area contributed by atoms with Crippen LogP contribution in [-0.4, -0.2) is 39.8 Å². The number of ether oxygens (including phenoxy) is 1. The number of rotatable bonds is 6. The van der Waals surface area contributed by atoms with Crippen molar-refractivity contribution in [2.24, 2.45) is 0 Å². The van der Waals surface area contributed by atoms with Crippen molar-refractivity contribution in [3.8, 4) is 0 Å². The summed E-state index contributed by atoms with van der Waals surface area (Å²) in [7, 11) is -1.97. The van der Waals surface area contributed by atoms with Gasteiger partial charge in [0, 0.05) is 24.4 Å². The Hall–Kier alpha value is -1.08. The molecule has 0 radical (unpaired) electrons. The number of hydrogen-bond acceptors (Lipinski definition) is 5. The van der Waals surface area contributed by atoms with Crippen LogP contribution in [-0.2, 0) is 19.6 Å². The van der Waals surface area contributed by atoms with E-state index in [1.54, 1.807) is 13.8 Å². The minimum atomic E-state index is -3.25. The van der Waals surface area contributed by atoms with Crippen molar-refractivity contribution < 1.29 is 17.9 Å². The van der Waals surface area contributed by atoms with Crippen LogP contribution < -0.4 is 10.0 Å². The van der Waals surface area contributed by atoms with Gasteiger partial charge in [-0.15, -0.1) is 0 Å². The first-order valence-corrected chi connectivity index (χ1v) is 6.52. The number of sulfonamides is 1. The van der Waals surface area contributed by atoms with Crippen molar-refractivity contribution in [2.75, 3.05) is 19.9 Å². The average molecular weight is 250 g/mol. The van der Waals surface area contributed by atoms with E-state index in [1.165, 1.54) is 19.4 Å². The monoisotopic (exact) mass is 250 g/mol. The molecule has 0 aliphatic heterocycles. The zero-order valence-electron chi connectivity index (χ0n) is 9.90. The summed E-state index contributed by atoms with van der Waals surface area (Å²) >= 11 is 0. The van der Waals surface area contributed by atoms with Crippen LogP contribution in [0.15, 0.2) is 12.3 Å². The van der Waals surface area contributed by atoms with Crippen molar-refractivity contribution >= 4 is 16.0 Å². The molecule has 0 bridgehead atoms. The third-order valence-electron chi connectivity index (χ3n) is 1.54. The molecule has 6 nitrogen and oxygen atoms in total. The lowest BCUT2D eigenvalue weighted by Crippen LogP contribution is -2.48. The molecule has 0 aromatic rings. The van der Waals surface area contributed by atoms with Gasteiger partial charge in [-0.2, -0.15) is 0 Å². The second-order valence-corrected chi connectivity index (χ2v) is 5.74. The SMILES string of the molecule is COC(=O)/C=C/NCC(C)(C)NS(C)(=O)=O. The predicted octanol–water partition coefficient (Wildman–Crippen LogP) is -0.409. The molecule has 0 unspecified atom stereocenters. The molecule has 0 aromatic heterocycles. The average Bonchev–Trinajstić information content (AvgIpc) is 2.08. The maximum atomic E-state index is 11.0. The molecule has 0 saturated carbocycles. The molecule has 0 heterocycles. The van der Waals surface area contributed by atoms with Crippen LogP contribution >= 0.6 is 0 Å². The Morgan fingerprint density at radius 2 is 2.00 bits per heavy atom. The van der Waals surface area contributed by atoms with Crippen molar-refractivity contribution in [1.29, 1.82) is 0 Å². The maximum Gasteiger partial charge on any atom is 0.331 e. The van der Waals surface area contributed by atoms with Crippen molar-refractivity contribution in [3.63, 3.8) is 0 Å². The molecule has 7 heteroatoms. The molecule has 0 fully saturated rings. The van der Waals surface area contributed by atoms with Gasteiger partial charge in [-0.05, 0) is 13.8 Å². The smallest absolute Gasteiger partial charge is 0.331 e. The van der Waals surface area contributed by atoms with Gasteiger partial charge in [0.15, 0.2) is 0 Å². The van der Waals surface area contributed by atoms with Crippen LogP contribution in [0.1, 0.15) is 13.8 Å². The number of esters is 1. The molecule has 0 aliphatic rings. The van der Waals surface area contributed by atoms with Crippen molar-refractivity contribution in [1.82, 2.24) is 10.0 Å². The van der Waals surface area contributed by atoms with Crippen molar-refractivity contribution in [3.05, 3.63) is 12.3 Å². The van der Waals surface area contributed by atoms with Crippen LogP contribution in [0.2, 0.25) is 0 Å². The highest BCUT2D eigenvalue weighted by molar-refractivity contribution is 7.88. The van der Waals surface area contributed by atoms with E-state index in [0.29, 0.717) is 6.54 Å². The molecule has 0 saturated heterocycles. The maximum absolute atomic E-state index is 11.0. The number of nitrogens with one attached hydrogen (secondary N) is 2. The topological polar surface area (TPSA) is 84.5 Å². The summed E-state index contributed by atoms with van der Waals surface area (Å²) in [6, 6.07) is 0. The van der Waals surface area contributed by atoms with E-state index in [1.807, 2.05) is 0 Å². The predicted molar refractivity (Wildman–Crippen MR) is 61.2 cm³/mol. The van der Waals surface area contributed by atoms with Gasteiger partial charge >= 0.3 is 5.97 Å². The van der Waals surface area contributed by atoms with E-state index >= 15 is 0 Å². The van der Waals surface area contributed by atoms with Crippen LogP contribution in [0.25, 0.3) is 0 Å². The van der Waals surface area contributed by atoms with Crippen LogP contribution in [0, 0.1) is 0 Å². The Bertz CT molecular complexity index is 360. The van der Waals surface area contributed by atoms with Gasteiger partial charge in [0.25, 0.3) is 0 Å². The molecule has 0 aliphatic carbocycles. The number of hydrogen-bond donors (Lipinski definition) is 2. The molecular weight excluding hydrogens is 232 g/mol. The van der Waals surface area contributed by atoms with Gasteiger partial charge in [-0.1, -0.05) is 0 Å². The van der Waals surface area contributed by atoms with E-state index in [0.717, 1.165) is 6.26 Å². The lowest BCUT2D eigenvalue weighted by molar-refractivity contribution is -0.134. The van der Waals surface area contributed by atoms with E-state index in [2.05, 4.69) is 14.8 Å². The third kappa shape index (κ3) is 8.25. The summed E-state index contributed by atoms with van der Waals surface area (Å²) in [5.74, 6) is -0.471. The Kier molecular flexibility index (Phi) is 5.46. The Labute approximate surface area is 96.1 Å². The highest BCUT2D eigenvalue weighted by Gasteiger charge is 2.20. The van der Waals surface area contributed by atoms with E-state index in [9.17, 15) is 13.2 Å². The van der Waals surface area contributed by atoms with Crippen molar-refractivity contribution in [2.45, 2.75) is 19.4 Å². The summed E-state index contributed by atoms with van der Waals surface area (Å²) < 4.78 is 28.8. The Balaban J connectivity index is 4.10. The molecular formula is C9H18N2O4S. The highest BCUT2D eigenvalue weighted by atomic mass is 32.2. The van der Waals surface area contributed by atoms with Gasteiger partial charge in [-0.25, -0.2) is 17.9 Å². The summed E-state index contributed by atoms with van der Waals surface area (Å²) in [5.41, 5.74) is -0.631.